The molecule has 154 valence electrons. The molecule has 1 unspecified atom stereocenters. The average Bonchev–Trinajstić information content (AvgIpc) is 2.37. The van der Waals surface area contributed by atoms with Gasteiger partial charge in [-0.25, -0.2) is 4.79 Å². The van der Waals surface area contributed by atoms with Gasteiger partial charge in [-0.3, -0.25) is 0 Å². The molecule has 0 spiro atoms. The second-order valence-electron chi connectivity index (χ2n) is 8.71. The summed E-state index contributed by atoms with van der Waals surface area (Å²) in [4.78, 5) is 11.3. The van der Waals surface area contributed by atoms with Crippen molar-refractivity contribution in [2.75, 3.05) is 13.2 Å². The summed E-state index contributed by atoms with van der Waals surface area (Å²) in [5.41, 5.74) is 0.263. The molecule has 0 heterocycles. The normalized spacial score (nSPS) is 14.2. The van der Waals surface area contributed by atoms with Crippen molar-refractivity contribution in [2.45, 2.75) is 77.9 Å². The Kier molecular flexibility index (Phi) is 10.8. The SMILES string of the molecule is C=C(C)C(=O)OC(O)CCOCCC[Si](C)(O[Si](C)(C)C)O[Si](C)(C)C. The molecule has 0 bridgehead atoms. The summed E-state index contributed by atoms with van der Waals surface area (Å²) in [6.07, 6.45) is -0.0755. The monoisotopic (exact) mass is 422 g/mol. The van der Waals surface area contributed by atoms with Crippen LogP contribution in [-0.4, -0.2) is 55.8 Å². The Morgan fingerprint density at radius 1 is 1.00 bits per heavy atom. The molecule has 9 heteroatoms. The molecule has 0 fully saturated rings. The van der Waals surface area contributed by atoms with Gasteiger partial charge in [0.15, 0.2) is 16.6 Å². The highest BCUT2D eigenvalue weighted by Gasteiger charge is 2.39. The molecule has 0 amide bonds. The van der Waals surface area contributed by atoms with Crippen molar-refractivity contribution in [3.8, 4) is 0 Å². The average molecular weight is 423 g/mol. The molecule has 1 N–H and O–H groups in total. The van der Waals surface area contributed by atoms with E-state index in [-0.39, 0.29) is 12.0 Å². The summed E-state index contributed by atoms with van der Waals surface area (Å²) >= 11 is 0. The number of carbonyl (C=O) groups excluding carboxylic acids is 1. The first-order valence-electron chi connectivity index (χ1n) is 9.16. The Labute approximate surface area is 162 Å². The Morgan fingerprint density at radius 2 is 1.50 bits per heavy atom. The van der Waals surface area contributed by atoms with Crippen LogP contribution >= 0.6 is 0 Å². The van der Waals surface area contributed by atoms with Gasteiger partial charge in [0.2, 0.25) is 6.29 Å². The van der Waals surface area contributed by atoms with E-state index in [2.05, 4.69) is 52.4 Å². The van der Waals surface area contributed by atoms with E-state index in [9.17, 15) is 9.90 Å². The zero-order valence-electron chi connectivity index (χ0n) is 17.8. The first-order valence-corrected chi connectivity index (χ1v) is 18.5. The highest BCUT2D eigenvalue weighted by atomic mass is 28.5. The van der Waals surface area contributed by atoms with Crippen LogP contribution in [0.25, 0.3) is 0 Å². The summed E-state index contributed by atoms with van der Waals surface area (Å²) in [5, 5.41) is 9.62. The first-order chi connectivity index (χ1) is 11.6. The Morgan fingerprint density at radius 3 is 1.92 bits per heavy atom. The minimum Gasteiger partial charge on any atom is -0.437 e. The van der Waals surface area contributed by atoms with Crippen LogP contribution < -0.4 is 0 Å². The molecular formula is C17H38O6Si3. The van der Waals surface area contributed by atoms with Crippen LogP contribution in [0.5, 0.6) is 0 Å². The second kappa shape index (κ2) is 10.9. The number of esters is 1. The lowest BCUT2D eigenvalue weighted by molar-refractivity contribution is -0.165. The van der Waals surface area contributed by atoms with Crippen LogP contribution in [-0.2, 0) is 22.5 Å². The van der Waals surface area contributed by atoms with E-state index < -0.39 is 37.5 Å². The van der Waals surface area contributed by atoms with E-state index in [1.807, 2.05) is 0 Å². The maximum Gasteiger partial charge on any atom is 0.335 e. The third-order valence-corrected chi connectivity index (χ3v) is 12.7. The fraction of sp³-hybridized carbons (Fsp3) is 0.824. The van der Waals surface area contributed by atoms with Gasteiger partial charge in [0.25, 0.3) is 0 Å². The van der Waals surface area contributed by atoms with E-state index in [4.69, 9.17) is 17.7 Å². The van der Waals surface area contributed by atoms with E-state index >= 15 is 0 Å². The van der Waals surface area contributed by atoms with Crippen LogP contribution in [0, 0.1) is 0 Å². The van der Waals surface area contributed by atoms with Gasteiger partial charge in [0.05, 0.1) is 6.61 Å². The van der Waals surface area contributed by atoms with Gasteiger partial charge in [0, 0.05) is 18.6 Å². The molecule has 1 atom stereocenters. The summed E-state index contributed by atoms with van der Waals surface area (Å²) in [7, 11) is -5.58. The number of ether oxygens (including phenoxy) is 2. The molecule has 0 radical (unpaired) electrons. The van der Waals surface area contributed by atoms with Crippen LogP contribution in [0.2, 0.25) is 51.9 Å². The van der Waals surface area contributed by atoms with Gasteiger partial charge in [-0.05, 0) is 65.2 Å². The summed E-state index contributed by atoms with van der Waals surface area (Å²) in [5.74, 6) is -0.591. The highest BCUT2D eigenvalue weighted by Crippen LogP contribution is 2.25. The lowest BCUT2D eigenvalue weighted by atomic mass is 10.3. The molecule has 26 heavy (non-hydrogen) atoms. The molecule has 0 aromatic heterocycles. The van der Waals surface area contributed by atoms with Gasteiger partial charge < -0.3 is 22.8 Å². The van der Waals surface area contributed by atoms with Crippen molar-refractivity contribution in [1.29, 1.82) is 0 Å². The third kappa shape index (κ3) is 13.8. The van der Waals surface area contributed by atoms with Crippen molar-refractivity contribution < 1.29 is 27.6 Å². The lowest BCUT2D eigenvalue weighted by Crippen LogP contribution is -2.52. The number of aliphatic hydroxyl groups is 1. The van der Waals surface area contributed by atoms with Crippen molar-refractivity contribution in [1.82, 2.24) is 0 Å². The number of hydrogen-bond acceptors (Lipinski definition) is 6. The zero-order chi connectivity index (χ0) is 20.6. The number of aliphatic hydroxyl groups excluding tert-OH is 1. The summed E-state index contributed by atoms with van der Waals surface area (Å²) in [6, 6.07) is 0.884. The van der Waals surface area contributed by atoms with Crippen molar-refractivity contribution >= 4 is 31.2 Å². The zero-order valence-corrected chi connectivity index (χ0v) is 20.8. The molecule has 0 rings (SSSR count). The Bertz CT molecular complexity index is 440. The van der Waals surface area contributed by atoms with Gasteiger partial charge >= 0.3 is 14.5 Å². The molecule has 0 saturated heterocycles. The third-order valence-electron chi connectivity index (χ3n) is 3.06. The van der Waals surface area contributed by atoms with Crippen molar-refractivity contribution in [2.24, 2.45) is 0 Å². The number of carbonyl (C=O) groups is 1. The van der Waals surface area contributed by atoms with Crippen molar-refractivity contribution in [3.63, 3.8) is 0 Å². The Balaban J connectivity index is 4.23. The first kappa shape index (κ1) is 25.7. The minimum atomic E-state index is -2.22. The molecule has 0 aromatic carbocycles. The van der Waals surface area contributed by atoms with Crippen molar-refractivity contribution in [3.05, 3.63) is 12.2 Å². The van der Waals surface area contributed by atoms with E-state index in [1.165, 1.54) is 6.92 Å². The maximum absolute atomic E-state index is 11.3. The molecule has 0 saturated carbocycles. The largest absolute Gasteiger partial charge is 0.437 e. The molecular weight excluding hydrogens is 384 g/mol. The maximum atomic E-state index is 11.3. The number of rotatable bonds is 13. The molecule has 0 aromatic rings. The second-order valence-corrected chi connectivity index (χ2v) is 21.6. The van der Waals surface area contributed by atoms with E-state index in [0.717, 1.165) is 12.5 Å². The van der Waals surface area contributed by atoms with Gasteiger partial charge in [0.1, 0.15) is 0 Å². The smallest absolute Gasteiger partial charge is 0.335 e. The van der Waals surface area contributed by atoms with Gasteiger partial charge in [-0.1, -0.05) is 6.58 Å². The predicted molar refractivity (Wildman–Crippen MR) is 112 cm³/mol. The lowest BCUT2D eigenvalue weighted by Gasteiger charge is -2.38. The summed E-state index contributed by atoms with van der Waals surface area (Å²) < 4.78 is 23.2. The quantitative estimate of drug-likeness (QED) is 0.159. The Hall–Kier alpha value is -0.299. The topological polar surface area (TPSA) is 74.2 Å². The van der Waals surface area contributed by atoms with E-state index in [0.29, 0.717) is 13.2 Å². The van der Waals surface area contributed by atoms with Crippen LogP contribution in [0.15, 0.2) is 12.2 Å². The highest BCUT2D eigenvalue weighted by molar-refractivity contribution is 6.87. The molecule has 6 nitrogen and oxygen atoms in total. The standard InChI is InChI=1S/C17H38O6Si3/c1-15(2)17(19)21-16(18)11-13-20-12-10-14-26(9,22-24(3,4)5)23-25(6,7)8/h16,18H,1,10-14H2,2-9H3. The van der Waals surface area contributed by atoms with Crippen LogP contribution in [0.4, 0.5) is 0 Å². The predicted octanol–water partition coefficient (Wildman–Crippen LogP) is 4.00. The van der Waals surface area contributed by atoms with Crippen LogP contribution in [0.3, 0.4) is 0 Å². The molecule has 0 aliphatic heterocycles. The molecule has 0 aliphatic rings. The van der Waals surface area contributed by atoms with Crippen LogP contribution in [0.1, 0.15) is 19.8 Å². The minimum absolute atomic E-state index is 0.241. The van der Waals surface area contributed by atoms with Gasteiger partial charge in [-0.2, -0.15) is 0 Å². The fourth-order valence-corrected chi connectivity index (χ4v) is 15.0. The number of hydrogen-bond donors (Lipinski definition) is 1. The summed E-state index contributed by atoms with van der Waals surface area (Å²) in [6.45, 7) is 21.2. The van der Waals surface area contributed by atoms with E-state index in [1.54, 1.807) is 0 Å². The fourth-order valence-electron chi connectivity index (χ4n) is 2.48. The molecule has 0 aliphatic carbocycles. The van der Waals surface area contributed by atoms with Gasteiger partial charge in [-0.15, -0.1) is 0 Å².